The second-order valence-corrected chi connectivity index (χ2v) is 5.92. The Kier molecular flexibility index (Phi) is 5.63. The Labute approximate surface area is 110 Å². The summed E-state index contributed by atoms with van der Waals surface area (Å²) in [5.74, 6) is 0. The summed E-state index contributed by atoms with van der Waals surface area (Å²) < 4.78 is 5.42. The van der Waals surface area contributed by atoms with Crippen LogP contribution in [0.2, 0.25) is 0 Å². The van der Waals surface area contributed by atoms with Gasteiger partial charge in [0.15, 0.2) is 0 Å². The van der Waals surface area contributed by atoms with Crippen LogP contribution in [0.3, 0.4) is 0 Å². The lowest BCUT2D eigenvalue weighted by molar-refractivity contribution is -0.108. The lowest BCUT2D eigenvalue weighted by atomic mass is 9.94. The van der Waals surface area contributed by atoms with E-state index >= 15 is 0 Å². The summed E-state index contributed by atoms with van der Waals surface area (Å²) in [5.41, 5.74) is -0.481. The zero-order valence-corrected chi connectivity index (χ0v) is 11.8. The highest BCUT2D eigenvalue weighted by molar-refractivity contribution is 5.69. The standard InChI is InChI=1S/C14H25NO3/c1-14(2,3)18-13(17)15(10-7-11-16)12-8-5-4-6-9-12/h11-12H,4-10H2,1-3H3. The largest absolute Gasteiger partial charge is 0.444 e. The highest BCUT2D eigenvalue weighted by Gasteiger charge is 2.28. The van der Waals surface area contributed by atoms with Crippen molar-refractivity contribution in [1.82, 2.24) is 4.90 Å². The third-order valence-electron chi connectivity index (χ3n) is 3.13. The average Bonchev–Trinajstić information content (AvgIpc) is 2.28. The first kappa shape index (κ1) is 15.0. The van der Waals surface area contributed by atoms with Crippen LogP contribution in [-0.2, 0) is 9.53 Å². The van der Waals surface area contributed by atoms with Crippen molar-refractivity contribution in [2.75, 3.05) is 6.54 Å². The van der Waals surface area contributed by atoms with Gasteiger partial charge in [0.2, 0.25) is 0 Å². The first-order valence-corrected chi connectivity index (χ1v) is 6.87. The molecule has 0 saturated heterocycles. The number of carbonyl (C=O) groups excluding carboxylic acids is 2. The van der Waals surface area contributed by atoms with E-state index in [1.165, 1.54) is 6.42 Å². The molecule has 0 atom stereocenters. The molecule has 18 heavy (non-hydrogen) atoms. The highest BCUT2D eigenvalue weighted by Crippen LogP contribution is 2.24. The van der Waals surface area contributed by atoms with Crippen molar-refractivity contribution >= 4 is 12.4 Å². The molecule has 0 N–H and O–H groups in total. The number of nitrogens with zero attached hydrogens (tertiary/aromatic N) is 1. The van der Waals surface area contributed by atoms with Crippen LogP contribution in [0.5, 0.6) is 0 Å². The second-order valence-electron chi connectivity index (χ2n) is 5.92. The fourth-order valence-electron chi connectivity index (χ4n) is 2.33. The van der Waals surface area contributed by atoms with Crippen molar-refractivity contribution in [3.63, 3.8) is 0 Å². The van der Waals surface area contributed by atoms with Crippen LogP contribution in [0, 0.1) is 0 Å². The van der Waals surface area contributed by atoms with Gasteiger partial charge in [0, 0.05) is 19.0 Å². The van der Waals surface area contributed by atoms with Crippen LogP contribution < -0.4 is 0 Å². The molecule has 1 amide bonds. The van der Waals surface area contributed by atoms with Gasteiger partial charge in [0.1, 0.15) is 11.9 Å². The van der Waals surface area contributed by atoms with Crippen molar-refractivity contribution in [2.45, 2.75) is 70.9 Å². The summed E-state index contributed by atoms with van der Waals surface area (Å²) in [4.78, 5) is 24.4. The molecule has 1 saturated carbocycles. The van der Waals surface area contributed by atoms with E-state index in [-0.39, 0.29) is 12.1 Å². The molecule has 1 fully saturated rings. The summed E-state index contributed by atoms with van der Waals surface area (Å²) in [7, 11) is 0. The molecule has 0 radical (unpaired) electrons. The van der Waals surface area contributed by atoms with Gasteiger partial charge in [0.05, 0.1) is 0 Å². The van der Waals surface area contributed by atoms with Crippen LogP contribution in [0.1, 0.15) is 59.3 Å². The third kappa shape index (κ3) is 5.07. The number of hydrogen-bond donors (Lipinski definition) is 0. The number of amides is 1. The van der Waals surface area contributed by atoms with Crippen LogP contribution in [0.4, 0.5) is 4.79 Å². The predicted molar refractivity (Wildman–Crippen MR) is 70.5 cm³/mol. The Morgan fingerprint density at radius 2 is 1.89 bits per heavy atom. The van der Waals surface area contributed by atoms with E-state index < -0.39 is 5.60 Å². The van der Waals surface area contributed by atoms with Crippen molar-refractivity contribution in [3.05, 3.63) is 0 Å². The van der Waals surface area contributed by atoms with E-state index in [0.717, 1.165) is 32.0 Å². The normalized spacial score (nSPS) is 17.3. The predicted octanol–water partition coefficient (Wildman–Crippen LogP) is 3.15. The number of hydrogen-bond acceptors (Lipinski definition) is 3. The number of carbonyl (C=O) groups is 2. The maximum Gasteiger partial charge on any atom is 0.410 e. The molecule has 0 aromatic carbocycles. The van der Waals surface area contributed by atoms with Gasteiger partial charge in [0.25, 0.3) is 0 Å². The number of rotatable bonds is 4. The highest BCUT2D eigenvalue weighted by atomic mass is 16.6. The molecule has 0 aromatic rings. The SMILES string of the molecule is CC(C)(C)OC(=O)N(CCC=O)C1CCCCC1. The lowest BCUT2D eigenvalue weighted by Gasteiger charge is -2.35. The zero-order valence-electron chi connectivity index (χ0n) is 11.8. The van der Waals surface area contributed by atoms with Gasteiger partial charge in [-0.2, -0.15) is 0 Å². The van der Waals surface area contributed by atoms with Crippen LogP contribution in [0.25, 0.3) is 0 Å². The summed E-state index contributed by atoms with van der Waals surface area (Å²) in [6.45, 7) is 6.07. The molecule has 0 spiro atoms. The lowest BCUT2D eigenvalue weighted by Crippen LogP contribution is -2.44. The molecule has 4 heteroatoms. The summed E-state index contributed by atoms with van der Waals surface area (Å²) >= 11 is 0. The van der Waals surface area contributed by atoms with Gasteiger partial charge in [-0.1, -0.05) is 19.3 Å². The van der Waals surface area contributed by atoms with Crippen LogP contribution >= 0.6 is 0 Å². The molecular weight excluding hydrogens is 230 g/mol. The van der Waals surface area contributed by atoms with Gasteiger partial charge in [-0.25, -0.2) is 4.79 Å². The first-order chi connectivity index (χ1) is 8.44. The molecular formula is C14H25NO3. The van der Waals surface area contributed by atoms with Gasteiger partial charge >= 0.3 is 6.09 Å². The van der Waals surface area contributed by atoms with E-state index in [0.29, 0.717) is 13.0 Å². The second kappa shape index (κ2) is 6.76. The Balaban J connectivity index is 2.63. The minimum atomic E-state index is -0.481. The van der Waals surface area contributed by atoms with Crippen LogP contribution in [-0.4, -0.2) is 35.5 Å². The van der Waals surface area contributed by atoms with Crippen molar-refractivity contribution in [1.29, 1.82) is 0 Å². The average molecular weight is 255 g/mol. The smallest absolute Gasteiger partial charge is 0.410 e. The summed E-state index contributed by atoms with van der Waals surface area (Å²) in [6, 6.07) is 0.244. The van der Waals surface area contributed by atoms with Crippen molar-refractivity contribution in [3.8, 4) is 0 Å². The third-order valence-corrected chi connectivity index (χ3v) is 3.13. The minimum absolute atomic E-state index is 0.244. The molecule has 0 aliphatic heterocycles. The first-order valence-electron chi connectivity index (χ1n) is 6.87. The molecule has 1 aliphatic rings. The molecule has 0 bridgehead atoms. The minimum Gasteiger partial charge on any atom is -0.444 e. The quantitative estimate of drug-likeness (QED) is 0.725. The van der Waals surface area contributed by atoms with E-state index in [1.54, 1.807) is 4.90 Å². The maximum absolute atomic E-state index is 12.2. The fraction of sp³-hybridized carbons (Fsp3) is 0.857. The van der Waals surface area contributed by atoms with E-state index in [4.69, 9.17) is 4.74 Å². The number of aldehydes is 1. The Morgan fingerprint density at radius 1 is 1.28 bits per heavy atom. The Bertz CT molecular complexity index is 277. The molecule has 104 valence electrons. The fourth-order valence-corrected chi connectivity index (χ4v) is 2.33. The van der Waals surface area contributed by atoms with E-state index in [9.17, 15) is 9.59 Å². The van der Waals surface area contributed by atoms with Gasteiger partial charge in [-0.3, -0.25) is 0 Å². The molecule has 4 nitrogen and oxygen atoms in total. The number of ether oxygens (including phenoxy) is 1. The van der Waals surface area contributed by atoms with Crippen molar-refractivity contribution in [2.24, 2.45) is 0 Å². The Morgan fingerprint density at radius 3 is 2.39 bits per heavy atom. The van der Waals surface area contributed by atoms with E-state index in [1.807, 2.05) is 20.8 Å². The van der Waals surface area contributed by atoms with Gasteiger partial charge in [-0.15, -0.1) is 0 Å². The molecule has 1 aliphatic carbocycles. The molecule has 1 rings (SSSR count). The monoisotopic (exact) mass is 255 g/mol. The molecule has 0 heterocycles. The van der Waals surface area contributed by atoms with Crippen LogP contribution in [0.15, 0.2) is 0 Å². The summed E-state index contributed by atoms with van der Waals surface area (Å²) in [5, 5.41) is 0. The van der Waals surface area contributed by atoms with Gasteiger partial charge in [-0.05, 0) is 33.6 Å². The Hall–Kier alpha value is -1.06. The molecule has 0 aromatic heterocycles. The van der Waals surface area contributed by atoms with Gasteiger partial charge < -0.3 is 14.4 Å². The van der Waals surface area contributed by atoms with Crippen molar-refractivity contribution < 1.29 is 14.3 Å². The topological polar surface area (TPSA) is 46.6 Å². The zero-order chi connectivity index (χ0) is 13.6. The molecule has 0 unspecified atom stereocenters. The van der Waals surface area contributed by atoms with E-state index in [2.05, 4.69) is 0 Å². The summed E-state index contributed by atoms with van der Waals surface area (Å²) in [6.07, 6.45) is 6.57. The maximum atomic E-state index is 12.2.